The van der Waals surface area contributed by atoms with Gasteiger partial charge >= 0.3 is 0 Å². The van der Waals surface area contributed by atoms with Gasteiger partial charge in [-0.25, -0.2) is 0 Å². The third-order valence-electron chi connectivity index (χ3n) is 2.97. The average molecular weight is 354 g/mol. The zero-order chi connectivity index (χ0) is 14.7. The van der Waals surface area contributed by atoms with Gasteiger partial charge in [-0.1, -0.05) is 15.9 Å². The van der Waals surface area contributed by atoms with Crippen LogP contribution in [0.3, 0.4) is 0 Å². The zero-order valence-electron chi connectivity index (χ0n) is 11.4. The highest BCUT2D eigenvalue weighted by Crippen LogP contribution is 2.26. The highest BCUT2D eigenvalue weighted by atomic mass is 79.9. The fourth-order valence-electron chi connectivity index (χ4n) is 2.01. The van der Waals surface area contributed by atoms with Gasteiger partial charge < -0.3 is 10.5 Å². The van der Waals surface area contributed by atoms with Crippen LogP contribution < -0.4 is 10.5 Å². The van der Waals surface area contributed by atoms with Gasteiger partial charge in [0.15, 0.2) is 0 Å². The number of benzene rings is 2. The summed E-state index contributed by atoms with van der Waals surface area (Å²) in [5.74, 6) is 1.16. The lowest BCUT2D eigenvalue weighted by molar-refractivity contribution is 0.411. The van der Waals surface area contributed by atoms with E-state index in [1.165, 1.54) is 0 Å². The number of rotatable bonds is 4. The monoisotopic (exact) mass is 353 g/mol. The molecule has 0 saturated carbocycles. The molecule has 0 aliphatic heterocycles. The molecule has 20 heavy (non-hydrogen) atoms. The van der Waals surface area contributed by atoms with E-state index in [9.17, 15) is 4.21 Å². The number of aryl methyl sites for hydroxylation is 1. The van der Waals surface area contributed by atoms with Crippen molar-refractivity contribution in [1.82, 2.24) is 0 Å². The predicted molar refractivity (Wildman–Crippen MR) is 86.4 cm³/mol. The molecule has 2 rings (SSSR count). The van der Waals surface area contributed by atoms with Crippen LogP contribution in [0, 0.1) is 6.92 Å². The van der Waals surface area contributed by atoms with E-state index in [0.29, 0.717) is 11.4 Å². The number of anilines is 1. The first-order chi connectivity index (χ1) is 9.51. The molecule has 0 heterocycles. The Morgan fingerprint density at radius 3 is 2.65 bits per heavy atom. The van der Waals surface area contributed by atoms with Crippen LogP contribution >= 0.6 is 15.9 Å². The highest BCUT2D eigenvalue weighted by molar-refractivity contribution is 9.10. The fraction of sp³-hybridized carbons (Fsp3) is 0.200. The Morgan fingerprint density at radius 1 is 1.25 bits per heavy atom. The molecule has 0 radical (unpaired) electrons. The Morgan fingerprint density at radius 2 is 2.00 bits per heavy atom. The molecule has 5 heteroatoms. The van der Waals surface area contributed by atoms with Gasteiger partial charge in [-0.05, 0) is 48.9 Å². The fourth-order valence-corrected chi connectivity index (χ4v) is 3.72. The minimum absolute atomic E-state index is 0.410. The van der Waals surface area contributed by atoms with Crippen molar-refractivity contribution >= 4 is 32.4 Å². The van der Waals surface area contributed by atoms with E-state index in [0.717, 1.165) is 26.2 Å². The minimum Gasteiger partial charge on any atom is -0.496 e. The Balaban J connectivity index is 2.30. The first-order valence-electron chi connectivity index (χ1n) is 6.08. The van der Waals surface area contributed by atoms with Gasteiger partial charge in [0.25, 0.3) is 0 Å². The Labute approximate surface area is 129 Å². The molecule has 0 aromatic heterocycles. The number of nitrogens with two attached hydrogens (primary N) is 1. The number of hydrogen-bond donors (Lipinski definition) is 1. The van der Waals surface area contributed by atoms with E-state index >= 15 is 0 Å². The maximum Gasteiger partial charge on any atom is 0.123 e. The molecule has 0 fully saturated rings. The summed E-state index contributed by atoms with van der Waals surface area (Å²) >= 11 is 3.42. The topological polar surface area (TPSA) is 52.3 Å². The van der Waals surface area contributed by atoms with E-state index in [2.05, 4.69) is 15.9 Å². The largest absolute Gasteiger partial charge is 0.496 e. The smallest absolute Gasteiger partial charge is 0.123 e. The van der Waals surface area contributed by atoms with Crippen LogP contribution in [0.4, 0.5) is 5.69 Å². The van der Waals surface area contributed by atoms with Gasteiger partial charge in [0.1, 0.15) is 5.75 Å². The van der Waals surface area contributed by atoms with Crippen LogP contribution in [0.5, 0.6) is 5.75 Å². The molecule has 2 N–H and O–H groups in total. The third kappa shape index (κ3) is 3.41. The van der Waals surface area contributed by atoms with E-state index in [1.54, 1.807) is 13.2 Å². The van der Waals surface area contributed by atoms with Gasteiger partial charge in [-0.15, -0.1) is 0 Å². The van der Waals surface area contributed by atoms with Crippen LogP contribution in [-0.4, -0.2) is 11.3 Å². The van der Waals surface area contributed by atoms with Crippen LogP contribution in [0.2, 0.25) is 0 Å². The molecule has 0 aliphatic rings. The van der Waals surface area contributed by atoms with Crippen molar-refractivity contribution in [2.45, 2.75) is 17.6 Å². The van der Waals surface area contributed by atoms with Gasteiger partial charge in [0.05, 0.1) is 23.7 Å². The molecule has 0 bridgehead atoms. The van der Waals surface area contributed by atoms with Crippen molar-refractivity contribution in [1.29, 1.82) is 0 Å². The van der Waals surface area contributed by atoms with Gasteiger partial charge in [0.2, 0.25) is 0 Å². The SMILES string of the molecule is COc1ccc(Br)cc1CS(=O)c1ccc(N)cc1C. The molecule has 0 saturated heterocycles. The van der Waals surface area contributed by atoms with Crippen LogP contribution in [0.25, 0.3) is 0 Å². The summed E-state index contributed by atoms with van der Waals surface area (Å²) in [5.41, 5.74) is 8.26. The van der Waals surface area contributed by atoms with Crippen LogP contribution in [-0.2, 0) is 16.6 Å². The van der Waals surface area contributed by atoms with Crippen molar-refractivity contribution in [2.24, 2.45) is 0 Å². The second-order valence-corrected chi connectivity index (χ2v) is 6.81. The lowest BCUT2D eigenvalue weighted by Gasteiger charge is -2.10. The summed E-state index contributed by atoms with van der Waals surface area (Å²) in [6, 6.07) is 11.1. The summed E-state index contributed by atoms with van der Waals surface area (Å²) in [5, 5.41) is 0. The van der Waals surface area contributed by atoms with Crippen LogP contribution in [0.15, 0.2) is 45.8 Å². The molecule has 1 unspecified atom stereocenters. The molecule has 2 aromatic rings. The van der Waals surface area contributed by atoms with E-state index in [4.69, 9.17) is 10.5 Å². The lowest BCUT2D eigenvalue weighted by Crippen LogP contribution is -2.01. The van der Waals surface area contributed by atoms with E-state index in [1.807, 2.05) is 37.3 Å². The lowest BCUT2D eigenvalue weighted by atomic mass is 10.2. The van der Waals surface area contributed by atoms with Gasteiger partial charge in [-0.3, -0.25) is 4.21 Å². The van der Waals surface area contributed by atoms with Crippen molar-refractivity contribution in [2.75, 3.05) is 12.8 Å². The second kappa shape index (κ2) is 6.41. The number of methoxy groups -OCH3 is 1. The zero-order valence-corrected chi connectivity index (χ0v) is 13.8. The van der Waals surface area contributed by atoms with Crippen molar-refractivity contribution in [3.63, 3.8) is 0 Å². The summed E-state index contributed by atoms with van der Waals surface area (Å²) in [4.78, 5) is 0.807. The first-order valence-corrected chi connectivity index (χ1v) is 8.19. The van der Waals surface area contributed by atoms with Crippen LogP contribution in [0.1, 0.15) is 11.1 Å². The third-order valence-corrected chi connectivity index (χ3v) is 4.99. The van der Waals surface area contributed by atoms with Gasteiger partial charge in [-0.2, -0.15) is 0 Å². The summed E-state index contributed by atoms with van der Waals surface area (Å²) in [6.07, 6.45) is 0. The molecule has 2 aromatic carbocycles. The van der Waals surface area contributed by atoms with E-state index in [-0.39, 0.29) is 0 Å². The molecular formula is C15H16BrNO2S. The summed E-state index contributed by atoms with van der Waals surface area (Å²) in [7, 11) is 0.484. The quantitative estimate of drug-likeness (QED) is 0.853. The van der Waals surface area contributed by atoms with Crippen molar-refractivity contribution < 1.29 is 8.95 Å². The van der Waals surface area contributed by atoms with Crippen molar-refractivity contribution in [3.05, 3.63) is 52.0 Å². The molecule has 106 valence electrons. The standard InChI is InChI=1S/C15H16BrNO2S/c1-10-7-13(17)4-6-15(10)20(18)9-11-8-12(16)3-5-14(11)19-2/h3-8H,9,17H2,1-2H3. The number of halogens is 1. The summed E-state index contributed by atoms with van der Waals surface area (Å²) < 4.78 is 18.8. The normalized spacial score (nSPS) is 12.2. The molecular weight excluding hydrogens is 338 g/mol. The molecule has 0 aliphatic carbocycles. The predicted octanol–water partition coefficient (Wildman–Crippen LogP) is 3.66. The number of hydrogen-bond acceptors (Lipinski definition) is 3. The van der Waals surface area contributed by atoms with Crippen molar-refractivity contribution in [3.8, 4) is 5.75 Å². The number of nitrogen functional groups attached to an aromatic ring is 1. The maximum atomic E-state index is 12.5. The Hall–Kier alpha value is -1.33. The second-order valence-electron chi connectivity index (χ2n) is 4.47. The number of ether oxygens (including phenoxy) is 1. The van der Waals surface area contributed by atoms with Gasteiger partial charge in [0, 0.05) is 20.6 Å². The minimum atomic E-state index is -1.13. The first kappa shape index (κ1) is 15.1. The molecule has 0 spiro atoms. The Kier molecular flexibility index (Phi) is 4.83. The molecule has 0 amide bonds. The maximum absolute atomic E-state index is 12.5. The molecule has 1 atom stereocenters. The Bertz CT molecular complexity index is 658. The summed E-state index contributed by atoms with van der Waals surface area (Å²) in [6.45, 7) is 1.92. The average Bonchev–Trinajstić information content (AvgIpc) is 2.38. The molecule has 3 nitrogen and oxygen atoms in total. The highest BCUT2D eigenvalue weighted by Gasteiger charge is 2.12. The van der Waals surface area contributed by atoms with E-state index < -0.39 is 10.8 Å².